The van der Waals surface area contributed by atoms with Crippen LogP contribution in [0.1, 0.15) is 0 Å². The summed E-state index contributed by atoms with van der Waals surface area (Å²) < 4.78 is 6.54. The number of thiophene rings is 1. The summed E-state index contributed by atoms with van der Waals surface area (Å²) in [6, 6.07) is 8.51. The first-order chi connectivity index (χ1) is 8.86. The molecule has 1 aromatic heterocycles. The number of hydrogen-bond donors (Lipinski definition) is 0. The minimum atomic E-state index is 0.808. The molecule has 4 heteroatoms. The van der Waals surface area contributed by atoms with Gasteiger partial charge in [-0.3, -0.25) is 0 Å². The number of halogens is 1. The Labute approximate surface area is 119 Å². The number of morpholine rings is 1. The number of nitrogens with zero attached hydrogens (tertiary/aromatic N) is 1. The van der Waals surface area contributed by atoms with Gasteiger partial charge in [0, 0.05) is 39.8 Å². The zero-order valence-electron chi connectivity index (χ0n) is 9.86. The van der Waals surface area contributed by atoms with E-state index < -0.39 is 0 Å². The molecule has 2 nitrogen and oxygen atoms in total. The number of ether oxygens (including phenoxy) is 1. The van der Waals surface area contributed by atoms with Gasteiger partial charge in [-0.25, -0.2) is 0 Å². The Bertz CT molecular complexity index is 534. The van der Waals surface area contributed by atoms with E-state index >= 15 is 0 Å². The first kappa shape index (κ1) is 12.2. The van der Waals surface area contributed by atoms with Crippen LogP contribution >= 0.6 is 27.3 Å². The van der Waals surface area contributed by atoms with Gasteiger partial charge in [0.1, 0.15) is 0 Å². The molecule has 0 N–H and O–H groups in total. The molecule has 1 saturated heterocycles. The van der Waals surface area contributed by atoms with Crippen molar-refractivity contribution in [3.63, 3.8) is 0 Å². The van der Waals surface area contributed by atoms with Crippen LogP contribution in [0.3, 0.4) is 0 Å². The second-order valence-electron chi connectivity index (χ2n) is 4.18. The fraction of sp³-hybridized carbons (Fsp3) is 0.286. The second kappa shape index (κ2) is 5.43. The lowest BCUT2D eigenvalue weighted by molar-refractivity contribution is 0.123. The Kier molecular flexibility index (Phi) is 3.68. The van der Waals surface area contributed by atoms with Crippen molar-refractivity contribution in [1.82, 2.24) is 0 Å². The van der Waals surface area contributed by atoms with Crippen molar-refractivity contribution in [2.45, 2.75) is 0 Å². The van der Waals surface area contributed by atoms with E-state index in [4.69, 9.17) is 4.74 Å². The van der Waals surface area contributed by atoms with Crippen molar-refractivity contribution in [2.75, 3.05) is 31.2 Å². The molecule has 1 fully saturated rings. The van der Waals surface area contributed by atoms with Gasteiger partial charge in [-0.1, -0.05) is 18.2 Å². The molecule has 0 bridgehead atoms. The van der Waals surface area contributed by atoms with Crippen LogP contribution in [0.4, 0.5) is 5.69 Å². The smallest absolute Gasteiger partial charge is 0.0642 e. The lowest BCUT2D eigenvalue weighted by Gasteiger charge is -2.30. The van der Waals surface area contributed by atoms with Crippen molar-refractivity contribution in [1.29, 1.82) is 0 Å². The molecule has 3 rings (SSSR count). The maximum absolute atomic E-state index is 5.42. The van der Waals surface area contributed by atoms with E-state index in [9.17, 15) is 0 Å². The van der Waals surface area contributed by atoms with Gasteiger partial charge in [0.15, 0.2) is 0 Å². The van der Waals surface area contributed by atoms with Gasteiger partial charge in [0.25, 0.3) is 0 Å². The normalized spacial score (nSPS) is 15.9. The number of anilines is 1. The Morgan fingerprint density at radius 3 is 2.72 bits per heavy atom. The van der Waals surface area contributed by atoms with Gasteiger partial charge in [0.05, 0.1) is 18.6 Å². The molecule has 1 aromatic carbocycles. The standard InChI is InChI=1S/C14H13BrNOS/c15-13-10-18-9-12(13)11-3-1-2-4-14(11)16-5-7-17-8-6-16/h1-4,10H,5-8H2. The molecular weight excluding hydrogens is 310 g/mol. The second-order valence-corrected chi connectivity index (χ2v) is 5.71. The Morgan fingerprint density at radius 2 is 2.00 bits per heavy atom. The average Bonchev–Trinajstić information content (AvgIpc) is 2.86. The van der Waals surface area contributed by atoms with E-state index in [0.29, 0.717) is 0 Å². The molecule has 0 unspecified atom stereocenters. The fourth-order valence-electron chi connectivity index (χ4n) is 2.20. The van der Waals surface area contributed by atoms with Crippen molar-refractivity contribution >= 4 is 33.0 Å². The number of benzene rings is 1. The van der Waals surface area contributed by atoms with Crippen molar-refractivity contribution < 1.29 is 4.74 Å². The van der Waals surface area contributed by atoms with E-state index in [1.807, 2.05) is 0 Å². The van der Waals surface area contributed by atoms with Crippen LogP contribution in [0, 0.1) is 5.38 Å². The summed E-state index contributed by atoms with van der Waals surface area (Å²) in [5.74, 6) is 0. The predicted octanol–water partition coefficient (Wildman–Crippen LogP) is 3.81. The third-order valence-electron chi connectivity index (χ3n) is 3.09. The number of hydrogen-bond acceptors (Lipinski definition) is 3. The first-order valence-electron chi connectivity index (χ1n) is 5.93. The molecule has 1 aliphatic rings. The zero-order valence-corrected chi connectivity index (χ0v) is 12.3. The summed E-state index contributed by atoms with van der Waals surface area (Å²) in [4.78, 5) is 2.39. The summed E-state index contributed by atoms with van der Waals surface area (Å²) in [7, 11) is 0. The molecule has 2 aromatic rings. The van der Waals surface area contributed by atoms with E-state index in [-0.39, 0.29) is 0 Å². The number of rotatable bonds is 2. The maximum Gasteiger partial charge on any atom is 0.0642 e. The van der Waals surface area contributed by atoms with Crippen molar-refractivity contribution in [3.8, 4) is 11.1 Å². The molecule has 0 saturated carbocycles. The molecule has 0 atom stereocenters. The van der Waals surface area contributed by atoms with Crippen LogP contribution in [0.25, 0.3) is 11.1 Å². The van der Waals surface area contributed by atoms with Crippen LogP contribution in [0.5, 0.6) is 0 Å². The van der Waals surface area contributed by atoms with Crippen molar-refractivity contribution in [2.24, 2.45) is 0 Å². The van der Waals surface area contributed by atoms with Crippen LogP contribution < -0.4 is 4.90 Å². The Balaban J connectivity index is 2.02. The lowest BCUT2D eigenvalue weighted by Crippen LogP contribution is -2.36. The van der Waals surface area contributed by atoms with Crippen molar-refractivity contribution in [3.05, 3.63) is 39.5 Å². The van der Waals surface area contributed by atoms with Gasteiger partial charge >= 0.3 is 0 Å². The van der Waals surface area contributed by atoms with Gasteiger partial charge in [-0.15, -0.1) is 11.3 Å². The van der Waals surface area contributed by atoms with E-state index in [1.54, 1.807) is 11.3 Å². The lowest BCUT2D eigenvalue weighted by atomic mass is 10.1. The molecule has 0 amide bonds. The van der Waals surface area contributed by atoms with E-state index in [0.717, 1.165) is 36.3 Å². The fourth-order valence-corrected chi connectivity index (χ4v) is 3.54. The highest BCUT2D eigenvalue weighted by molar-refractivity contribution is 9.10. The molecule has 0 spiro atoms. The van der Waals surface area contributed by atoms with Crippen LogP contribution in [0.2, 0.25) is 0 Å². The van der Waals surface area contributed by atoms with Crippen LogP contribution in [-0.4, -0.2) is 26.3 Å². The highest BCUT2D eigenvalue weighted by atomic mass is 79.9. The van der Waals surface area contributed by atoms with Gasteiger partial charge < -0.3 is 9.64 Å². The number of para-hydroxylation sites is 1. The minimum Gasteiger partial charge on any atom is -0.378 e. The quantitative estimate of drug-likeness (QED) is 0.833. The third kappa shape index (κ3) is 2.32. The largest absolute Gasteiger partial charge is 0.378 e. The Hall–Kier alpha value is -0.840. The van der Waals surface area contributed by atoms with Gasteiger partial charge in [0.2, 0.25) is 0 Å². The molecular formula is C14H13BrNOS. The molecule has 1 radical (unpaired) electrons. The molecule has 18 heavy (non-hydrogen) atoms. The topological polar surface area (TPSA) is 12.5 Å². The van der Waals surface area contributed by atoms with Crippen LogP contribution in [0.15, 0.2) is 34.1 Å². The molecule has 0 aliphatic carbocycles. The molecule has 93 valence electrons. The Morgan fingerprint density at radius 1 is 1.22 bits per heavy atom. The van der Waals surface area contributed by atoms with E-state index in [2.05, 4.69) is 55.9 Å². The summed E-state index contributed by atoms with van der Waals surface area (Å²) >= 11 is 5.20. The summed E-state index contributed by atoms with van der Waals surface area (Å²) in [5.41, 5.74) is 3.67. The SMILES string of the molecule is Brc1cs[c]c1-c1ccccc1N1CCOCC1. The predicted molar refractivity (Wildman–Crippen MR) is 79.3 cm³/mol. The molecule has 2 heterocycles. The minimum absolute atomic E-state index is 0.808. The summed E-state index contributed by atoms with van der Waals surface area (Å²) in [6.45, 7) is 3.53. The maximum atomic E-state index is 5.42. The highest BCUT2D eigenvalue weighted by Crippen LogP contribution is 2.37. The molecule has 1 aliphatic heterocycles. The zero-order chi connectivity index (χ0) is 12.4. The summed E-state index contributed by atoms with van der Waals surface area (Å²) in [6.07, 6.45) is 0. The monoisotopic (exact) mass is 322 g/mol. The van der Waals surface area contributed by atoms with E-state index in [1.165, 1.54) is 11.3 Å². The third-order valence-corrected chi connectivity index (χ3v) is 4.69. The van der Waals surface area contributed by atoms with Gasteiger partial charge in [-0.05, 0) is 22.0 Å². The highest BCUT2D eigenvalue weighted by Gasteiger charge is 2.16. The first-order valence-corrected chi connectivity index (χ1v) is 7.60. The van der Waals surface area contributed by atoms with Gasteiger partial charge in [-0.2, -0.15) is 0 Å². The van der Waals surface area contributed by atoms with Crippen LogP contribution in [-0.2, 0) is 4.74 Å². The summed E-state index contributed by atoms with van der Waals surface area (Å²) in [5, 5.41) is 5.41. The average molecular weight is 323 g/mol.